The maximum atomic E-state index is 6.46. The van der Waals surface area contributed by atoms with E-state index in [1.807, 2.05) is 79.2 Å². The second-order valence-electron chi connectivity index (χ2n) is 10.8. The number of rotatable bonds is 4. The van der Waals surface area contributed by atoms with Gasteiger partial charge in [0.1, 0.15) is 23.0 Å². The summed E-state index contributed by atoms with van der Waals surface area (Å²) in [5, 5.41) is 4.96. The Kier molecular flexibility index (Phi) is 5.21. The number of nitrogens with zero attached hydrogens (tertiary/aromatic N) is 4. The predicted octanol–water partition coefficient (Wildman–Crippen LogP) is 9.89. The molecule has 4 aromatic heterocycles. The van der Waals surface area contributed by atoms with Crippen LogP contribution in [0.5, 0.6) is 11.5 Å². The molecule has 6 heteroatoms. The molecule has 9 rings (SSSR count). The summed E-state index contributed by atoms with van der Waals surface area (Å²) in [6.07, 6.45) is 1.87. The first-order valence-electron chi connectivity index (χ1n) is 14.2. The van der Waals surface area contributed by atoms with Gasteiger partial charge in [0.15, 0.2) is 0 Å². The lowest BCUT2D eigenvalue weighted by Gasteiger charge is -2.11. The molecule has 0 atom stereocenters. The molecule has 4 heterocycles. The molecule has 0 aliphatic rings. The molecule has 5 aromatic carbocycles. The van der Waals surface area contributed by atoms with Crippen molar-refractivity contribution in [3.05, 3.63) is 128 Å². The fraction of sp³-hybridized carbons (Fsp3) is 0.0270. The Morgan fingerprint density at radius 2 is 1.47 bits per heavy atom. The molecule has 0 fully saturated rings. The molecule has 0 radical (unpaired) electrons. The number of pyridine rings is 1. The highest BCUT2D eigenvalue weighted by Crippen LogP contribution is 2.43. The summed E-state index contributed by atoms with van der Waals surface area (Å²) in [6.45, 7) is 0. The summed E-state index contributed by atoms with van der Waals surface area (Å²) in [5.41, 5.74) is 6.15. The number of aryl methyl sites for hydroxylation is 1. The number of aromatic nitrogens is 4. The van der Waals surface area contributed by atoms with Crippen LogP contribution in [0.1, 0.15) is 0 Å². The lowest BCUT2D eigenvalue weighted by atomic mass is 10.1. The van der Waals surface area contributed by atoms with Crippen LogP contribution < -0.4 is 4.74 Å². The Balaban J connectivity index is 1.16. The fourth-order valence-electron chi connectivity index (χ4n) is 6.33. The standard InChI is InChI=1S/C37H24N4OS/c1-40-30-16-4-3-15-29(30)39-36(40)23-9-6-11-25(21-23)42-26-12-7-10-24(22-26)41-31-18-19-33-35(27-13-2-5-17-32(27)43-33)34(31)28-14-8-20-38-37(28)41/h2-22H,1H3. The van der Waals surface area contributed by atoms with Gasteiger partial charge in [0.05, 0.1) is 22.2 Å². The molecule has 0 saturated heterocycles. The van der Waals surface area contributed by atoms with Crippen LogP contribution in [0.2, 0.25) is 0 Å². The molecule has 5 nitrogen and oxygen atoms in total. The van der Waals surface area contributed by atoms with E-state index in [4.69, 9.17) is 14.7 Å². The molecular formula is C37H24N4OS. The third-order valence-electron chi connectivity index (χ3n) is 8.22. The van der Waals surface area contributed by atoms with Crippen LogP contribution in [0, 0.1) is 0 Å². The van der Waals surface area contributed by atoms with Crippen molar-refractivity contribution in [1.82, 2.24) is 19.1 Å². The SMILES string of the molecule is Cn1c(-c2cccc(Oc3cccc(-n4c5ccc6sc7ccccc7c6c5c5cccnc54)c3)c2)nc2ccccc21. The van der Waals surface area contributed by atoms with E-state index in [-0.39, 0.29) is 0 Å². The Bertz CT molecular complexity index is 2520. The number of imidazole rings is 1. The predicted molar refractivity (Wildman–Crippen MR) is 178 cm³/mol. The minimum absolute atomic E-state index is 0.757. The average Bonchev–Trinajstić information content (AvgIpc) is 3.70. The summed E-state index contributed by atoms with van der Waals surface area (Å²) in [5.74, 6) is 2.42. The van der Waals surface area contributed by atoms with Crippen LogP contribution in [0.4, 0.5) is 0 Å². The van der Waals surface area contributed by atoms with E-state index in [2.05, 4.69) is 75.9 Å². The van der Waals surface area contributed by atoms with E-state index in [9.17, 15) is 0 Å². The van der Waals surface area contributed by atoms with Crippen molar-refractivity contribution in [3.63, 3.8) is 0 Å². The van der Waals surface area contributed by atoms with Crippen molar-refractivity contribution >= 4 is 64.5 Å². The Morgan fingerprint density at radius 1 is 0.651 bits per heavy atom. The zero-order valence-corrected chi connectivity index (χ0v) is 24.0. The summed E-state index contributed by atoms with van der Waals surface area (Å²) in [6, 6.07) is 41.9. The minimum atomic E-state index is 0.757. The summed E-state index contributed by atoms with van der Waals surface area (Å²) < 4.78 is 13.4. The molecule has 204 valence electrons. The minimum Gasteiger partial charge on any atom is -0.457 e. The van der Waals surface area contributed by atoms with Crippen LogP contribution in [0.3, 0.4) is 0 Å². The van der Waals surface area contributed by atoms with Crippen molar-refractivity contribution in [1.29, 1.82) is 0 Å². The van der Waals surface area contributed by atoms with Gasteiger partial charge in [-0.2, -0.15) is 0 Å². The molecular weight excluding hydrogens is 549 g/mol. The highest BCUT2D eigenvalue weighted by Gasteiger charge is 2.19. The largest absolute Gasteiger partial charge is 0.457 e. The molecule has 0 amide bonds. The smallest absolute Gasteiger partial charge is 0.145 e. The van der Waals surface area contributed by atoms with Gasteiger partial charge in [-0.1, -0.05) is 48.5 Å². The van der Waals surface area contributed by atoms with Crippen molar-refractivity contribution in [2.45, 2.75) is 0 Å². The van der Waals surface area contributed by atoms with Crippen molar-refractivity contribution < 1.29 is 4.74 Å². The maximum Gasteiger partial charge on any atom is 0.145 e. The topological polar surface area (TPSA) is 44.9 Å². The van der Waals surface area contributed by atoms with Crippen molar-refractivity contribution in [2.75, 3.05) is 0 Å². The Morgan fingerprint density at radius 3 is 2.40 bits per heavy atom. The van der Waals surface area contributed by atoms with Gasteiger partial charge >= 0.3 is 0 Å². The lowest BCUT2D eigenvalue weighted by Crippen LogP contribution is -1.96. The molecule has 43 heavy (non-hydrogen) atoms. The monoisotopic (exact) mass is 572 g/mol. The third-order valence-corrected chi connectivity index (χ3v) is 9.36. The Labute approximate surface area is 250 Å². The maximum absolute atomic E-state index is 6.46. The van der Waals surface area contributed by atoms with E-state index in [1.165, 1.54) is 25.6 Å². The van der Waals surface area contributed by atoms with Gasteiger partial charge in [-0.25, -0.2) is 9.97 Å². The van der Waals surface area contributed by atoms with Crippen LogP contribution in [0.25, 0.3) is 70.2 Å². The molecule has 0 unspecified atom stereocenters. The second kappa shape index (κ2) is 9.28. The van der Waals surface area contributed by atoms with Gasteiger partial charge < -0.3 is 9.30 Å². The first-order valence-corrected chi connectivity index (χ1v) is 15.0. The highest BCUT2D eigenvalue weighted by molar-refractivity contribution is 7.26. The molecule has 0 spiro atoms. The van der Waals surface area contributed by atoms with Gasteiger partial charge in [0.2, 0.25) is 0 Å². The molecule has 0 saturated carbocycles. The van der Waals surface area contributed by atoms with E-state index in [0.29, 0.717) is 0 Å². The van der Waals surface area contributed by atoms with Crippen molar-refractivity contribution in [2.24, 2.45) is 7.05 Å². The van der Waals surface area contributed by atoms with E-state index >= 15 is 0 Å². The van der Waals surface area contributed by atoms with Gasteiger partial charge in [-0.05, 0) is 66.7 Å². The van der Waals surface area contributed by atoms with Crippen LogP contribution in [0.15, 0.2) is 128 Å². The number of para-hydroxylation sites is 2. The van der Waals surface area contributed by atoms with Gasteiger partial charge in [0.25, 0.3) is 0 Å². The zero-order chi connectivity index (χ0) is 28.5. The lowest BCUT2D eigenvalue weighted by molar-refractivity contribution is 0.482. The normalized spacial score (nSPS) is 11.8. The van der Waals surface area contributed by atoms with Crippen molar-refractivity contribution in [3.8, 4) is 28.6 Å². The molecule has 9 aromatic rings. The van der Waals surface area contributed by atoms with Gasteiger partial charge in [-0.15, -0.1) is 11.3 Å². The number of hydrogen-bond donors (Lipinski definition) is 0. The quantitative estimate of drug-likeness (QED) is 0.211. The van der Waals surface area contributed by atoms with E-state index in [1.54, 1.807) is 0 Å². The van der Waals surface area contributed by atoms with Crippen LogP contribution >= 0.6 is 11.3 Å². The number of ether oxygens (including phenoxy) is 1. The molecule has 0 bridgehead atoms. The Hall–Kier alpha value is -5.46. The van der Waals surface area contributed by atoms with Crippen LogP contribution in [-0.4, -0.2) is 19.1 Å². The first kappa shape index (κ1) is 24.2. The number of thiophene rings is 1. The van der Waals surface area contributed by atoms with E-state index < -0.39 is 0 Å². The molecule has 0 aliphatic carbocycles. The third kappa shape index (κ3) is 3.70. The first-order chi connectivity index (χ1) is 21.2. The molecule has 0 N–H and O–H groups in total. The highest BCUT2D eigenvalue weighted by atomic mass is 32.1. The summed E-state index contributed by atoms with van der Waals surface area (Å²) in [4.78, 5) is 9.74. The second-order valence-corrected chi connectivity index (χ2v) is 11.8. The summed E-state index contributed by atoms with van der Waals surface area (Å²) >= 11 is 1.84. The van der Waals surface area contributed by atoms with Gasteiger partial charge in [-0.3, -0.25) is 4.57 Å². The number of hydrogen-bond acceptors (Lipinski definition) is 4. The van der Waals surface area contributed by atoms with E-state index in [0.717, 1.165) is 56.2 Å². The van der Waals surface area contributed by atoms with Gasteiger partial charge in [0, 0.05) is 55.8 Å². The molecule has 0 aliphatic heterocycles. The summed E-state index contributed by atoms with van der Waals surface area (Å²) in [7, 11) is 2.05. The fourth-order valence-corrected chi connectivity index (χ4v) is 7.45. The van der Waals surface area contributed by atoms with Crippen LogP contribution in [-0.2, 0) is 7.05 Å². The average molecular weight is 573 g/mol. The number of benzene rings is 5. The zero-order valence-electron chi connectivity index (χ0n) is 23.2. The number of fused-ring (bicyclic) bond motifs is 8.